The summed E-state index contributed by atoms with van der Waals surface area (Å²) in [6, 6.07) is 10.0. The van der Waals surface area contributed by atoms with Gasteiger partial charge in [-0.1, -0.05) is 6.07 Å². The molecule has 0 unspecified atom stereocenters. The van der Waals surface area contributed by atoms with Crippen LogP contribution in [0.25, 0.3) is 22.0 Å². The monoisotopic (exact) mass is 471 g/mol. The number of benzene rings is 1. The van der Waals surface area contributed by atoms with Gasteiger partial charge in [0.05, 0.1) is 30.6 Å². The van der Waals surface area contributed by atoms with E-state index in [-0.39, 0.29) is 5.91 Å². The fraction of sp³-hybridized carbons (Fsp3) is 0.308. The Morgan fingerprint density at radius 2 is 1.83 bits per heavy atom. The summed E-state index contributed by atoms with van der Waals surface area (Å²) in [4.78, 5) is 26.3. The molecular formula is C26H29N7O2. The maximum absolute atomic E-state index is 13.1. The summed E-state index contributed by atoms with van der Waals surface area (Å²) in [5.74, 6) is -0.279. The molecule has 1 fully saturated rings. The summed E-state index contributed by atoms with van der Waals surface area (Å²) < 4.78 is 5.42. The average Bonchev–Trinajstić information content (AvgIpc) is 3.28. The highest BCUT2D eigenvalue weighted by atomic mass is 16.5. The van der Waals surface area contributed by atoms with Gasteiger partial charge >= 0.3 is 0 Å². The molecule has 0 atom stereocenters. The first-order valence-electron chi connectivity index (χ1n) is 11.7. The molecule has 1 saturated heterocycles. The van der Waals surface area contributed by atoms with E-state index in [1.54, 1.807) is 6.20 Å². The highest BCUT2D eigenvalue weighted by Crippen LogP contribution is 2.26. The Morgan fingerprint density at radius 3 is 2.66 bits per heavy atom. The number of nitrogens with zero attached hydrogens (tertiary/aromatic N) is 5. The van der Waals surface area contributed by atoms with Gasteiger partial charge in [0.1, 0.15) is 0 Å². The summed E-state index contributed by atoms with van der Waals surface area (Å²) in [6.07, 6.45) is 7.20. The lowest BCUT2D eigenvalue weighted by Gasteiger charge is -2.26. The normalized spacial score (nSPS) is 14.5. The quantitative estimate of drug-likeness (QED) is 0.427. The molecule has 0 spiro atoms. The van der Waals surface area contributed by atoms with Crippen LogP contribution >= 0.6 is 0 Å². The SMILES string of the molecule is CN(C)Cc1cncc(-c2ccc3[nH]nc(C(=O)Nc4cncc(CN5CCOCC5)c4)c3c2)c1. The highest BCUT2D eigenvalue weighted by Gasteiger charge is 2.17. The molecule has 0 aliphatic carbocycles. The van der Waals surface area contributed by atoms with Gasteiger partial charge in [-0.25, -0.2) is 0 Å². The van der Waals surface area contributed by atoms with Crippen LogP contribution in [0.3, 0.4) is 0 Å². The van der Waals surface area contributed by atoms with Crippen molar-refractivity contribution in [1.29, 1.82) is 0 Å². The molecular weight excluding hydrogens is 442 g/mol. The smallest absolute Gasteiger partial charge is 0.276 e. The second-order valence-electron chi connectivity index (χ2n) is 9.08. The number of hydrogen-bond acceptors (Lipinski definition) is 7. The molecule has 2 N–H and O–H groups in total. The molecule has 1 aliphatic rings. The first-order chi connectivity index (χ1) is 17.0. The van der Waals surface area contributed by atoms with Crippen molar-refractivity contribution in [3.8, 4) is 11.1 Å². The standard InChI is InChI=1S/C26H29N7O2/c1-32(2)16-18-9-21(14-27-12-18)20-3-4-24-23(11-20)25(31-30-24)26(34)29-22-10-19(13-28-15-22)17-33-5-7-35-8-6-33/h3-4,9-15H,5-8,16-17H2,1-2H3,(H,29,34)(H,30,31). The third kappa shape index (κ3) is 5.54. The van der Waals surface area contributed by atoms with Crippen molar-refractivity contribution >= 4 is 22.5 Å². The topological polar surface area (TPSA) is 99.3 Å². The van der Waals surface area contributed by atoms with Gasteiger partial charge in [0.2, 0.25) is 0 Å². The number of morpholine rings is 1. The molecule has 0 bridgehead atoms. The van der Waals surface area contributed by atoms with E-state index in [1.807, 2.05) is 57.0 Å². The largest absolute Gasteiger partial charge is 0.379 e. The van der Waals surface area contributed by atoms with Crippen LogP contribution < -0.4 is 5.32 Å². The molecule has 35 heavy (non-hydrogen) atoms. The summed E-state index contributed by atoms with van der Waals surface area (Å²) in [5.41, 5.74) is 5.95. The summed E-state index contributed by atoms with van der Waals surface area (Å²) in [5, 5.41) is 11.0. The lowest BCUT2D eigenvalue weighted by Crippen LogP contribution is -2.35. The number of carbonyl (C=O) groups excluding carboxylic acids is 1. The van der Waals surface area contributed by atoms with Gasteiger partial charge in [0, 0.05) is 55.7 Å². The molecule has 1 aliphatic heterocycles. The highest BCUT2D eigenvalue weighted by molar-refractivity contribution is 6.11. The Balaban J connectivity index is 1.36. The van der Waals surface area contributed by atoms with E-state index in [9.17, 15) is 4.79 Å². The lowest BCUT2D eigenvalue weighted by atomic mass is 10.0. The van der Waals surface area contributed by atoms with E-state index in [0.717, 1.165) is 72.5 Å². The molecule has 9 heteroatoms. The summed E-state index contributed by atoms with van der Waals surface area (Å²) in [7, 11) is 4.06. The number of anilines is 1. The lowest BCUT2D eigenvalue weighted by molar-refractivity contribution is 0.0341. The number of amides is 1. The zero-order chi connectivity index (χ0) is 24.2. The van der Waals surface area contributed by atoms with E-state index in [1.165, 1.54) is 0 Å². The Labute approximate surface area is 204 Å². The number of aromatic amines is 1. The van der Waals surface area contributed by atoms with E-state index >= 15 is 0 Å². The number of hydrogen-bond donors (Lipinski definition) is 2. The zero-order valence-electron chi connectivity index (χ0n) is 20.0. The predicted molar refractivity (Wildman–Crippen MR) is 135 cm³/mol. The van der Waals surface area contributed by atoms with E-state index in [0.29, 0.717) is 11.4 Å². The average molecular weight is 472 g/mol. The second kappa shape index (κ2) is 10.3. The predicted octanol–water partition coefficient (Wildman–Crippen LogP) is 3.17. The Bertz CT molecular complexity index is 1330. The maximum atomic E-state index is 13.1. The van der Waals surface area contributed by atoms with Crippen LogP contribution in [-0.2, 0) is 17.8 Å². The van der Waals surface area contributed by atoms with Crippen molar-refractivity contribution in [2.75, 3.05) is 45.7 Å². The molecule has 3 aromatic heterocycles. The van der Waals surface area contributed by atoms with Crippen LogP contribution in [0.1, 0.15) is 21.6 Å². The van der Waals surface area contributed by atoms with Crippen LogP contribution in [-0.4, -0.2) is 76.3 Å². The Morgan fingerprint density at radius 1 is 1.03 bits per heavy atom. The van der Waals surface area contributed by atoms with Gasteiger partial charge in [0.25, 0.3) is 5.91 Å². The summed E-state index contributed by atoms with van der Waals surface area (Å²) in [6.45, 7) is 4.86. The molecule has 9 nitrogen and oxygen atoms in total. The van der Waals surface area contributed by atoms with Crippen molar-refractivity contribution < 1.29 is 9.53 Å². The van der Waals surface area contributed by atoms with Crippen molar-refractivity contribution in [1.82, 2.24) is 30.0 Å². The van der Waals surface area contributed by atoms with Gasteiger partial charge in [-0.05, 0) is 55.1 Å². The first kappa shape index (κ1) is 23.1. The van der Waals surface area contributed by atoms with Gasteiger partial charge in [-0.15, -0.1) is 0 Å². The molecule has 1 aromatic carbocycles. The number of rotatable bonds is 7. The molecule has 180 valence electrons. The molecule has 0 saturated carbocycles. The molecule has 0 radical (unpaired) electrons. The van der Waals surface area contributed by atoms with Crippen molar-refractivity contribution in [2.45, 2.75) is 13.1 Å². The number of fused-ring (bicyclic) bond motifs is 1. The third-order valence-corrected chi connectivity index (χ3v) is 5.97. The number of aromatic nitrogens is 4. The van der Waals surface area contributed by atoms with Crippen LogP contribution in [0.2, 0.25) is 0 Å². The Hall–Kier alpha value is -3.66. The minimum atomic E-state index is -0.279. The fourth-order valence-corrected chi connectivity index (χ4v) is 4.31. The van der Waals surface area contributed by atoms with Crippen LogP contribution in [0.4, 0.5) is 5.69 Å². The van der Waals surface area contributed by atoms with Crippen molar-refractivity contribution in [3.05, 3.63) is 71.9 Å². The number of carbonyl (C=O) groups is 1. The van der Waals surface area contributed by atoms with Crippen LogP contribution in [0, 0.1) is 0 Å². The number of ether oxygens (including phenoxy) is 1. The first-order valence-corrected chi connectivity index (χ1v) is 11.7. The molecule has 5 rings (SSSR count). The number of H-pyrrole nitrogens is 1. The molecule has 1 amide bonds. The minimum Gasteiger partial charge on any atom is -0.379 e. The maximum Gasteiger partial charge on any atom is 0.276 e. The van der Waals surface area contributed by atoms with Gasteiger partial charge in [-0.3, -0.25) is 24.8 Å². The van der Waals surface area contributed by atoms with Gasteiger partial charge in [0.15, 0.2) is 5.69 Å². The fourth-order valence-electron chi connectivity index (χ4n) is 4.31. The zero-order valence-corrected chi connectivity index (χ0v) is 20.0. The Kier molecular flexibility index (Phi) is 6.80. The van der Waals surface area contributed by atoms with E-state index in [2.05, 4.69) is 41.3 Å². The minimum absolute atomic E-state index is 0.279. The van der Waals surface area contributed by atoms with Crippen LogP contribution in [0.5, 0.6) is 0 Å². The van der Waals surface area contributed by atoms with Gasteiger partial charge < -0.3 is 15.0 Å². The number of pyridine rings is 2. The van der Waals surface area contributed by atoms with Crippen molar-refractivity contribution in [2.24, 2.45) is 0 Å². The second-order valence-corrected chi connectivity index (χ2v) is 9.08. The van der Waals surface area contributed by atoms with E-state index in [4.69, 9.17) is 4.74 Å². The van der Waals surface area contributed by atoms with Crippen LogP contribution in [0.15, 0.2) is 55.1 Å². The van der Waals surface area contributed by atoms with E-state index < -0.39 is 0 Å². The van der Waals surface area contributed by atoms with Gasteiger partial charge in [-0.2, -0.15) is 5.10 Å². The molecule has 4 aromatic rings. The number of nitrogens with one attached hydrogen (secondary N) is 2. The third-order valence-electron chi connectivity index (χ3n) is 5.97. The van der Waals surface area contributed by atoms with Crippen molar-refractivity contribution in [3.63, 3.8) is 0 Å². The molecule has 4 heterocycles. The summed E-state index contributed by atoms with van der Waals surface area (Å²) >= 11 is 0.